The third-order valence-electron chi connectivity index (χ3n) is 7.46. The minimum atomic E-state index is -0.676. The number of halogens is 1. The summed E-state index contributed by atoms with van der Waals surface area (Å²) in [5.41, 5.74) is 3.99. The molecule has 0 spiro atoms. The maximum Gasteiger partial charge on any atom is 0.338 e. The molecule has 0 bridgehead atoms. The Hall–Kier alpha value is -3.72. The van der Waals surface area contributed by atoms with Gasteiger partial charge in [0, 0.05) is 29.8 Å². The first-order chi connectivity index (χ1) is 19.9. The molecule has 1 saturated heterocycles. The predicted molar refractivity (Wildman–Crippen MR) is 159 cm³/mol. The van der Waals surface area contributed by atoms with Crippen molar-refractivity contribution in [3.8, 4) is 0 Å². The maximum absolute atomic E-state index is 14.0. The van der Waals surface area contributed by atoms with Crippen molar-refractivity contribution in [2.75, 3.05) is 31.6 Å². The molecule has 1 saturated carbocycles. The number of rotatable bonds is 11. The maximum atomic E-state index is 14.0. The van der Waals surface area contributed by atoms with Gasteiger partial charge in [-0.2, -0.15) is 0 Å². The molecule has 9 heteroatoms. The summed E-state index contributed by atoms with van der Waals surface area (Å²) >= 11 is 6.57. The van der Waals surface area contributed by atoms with Crippen LogP contribution in [0.4, 0.5) is 5.69 Å². The second-order valence-electron chi connectivity index (χ2n) is 10.5. The van der Waals surface area contributed by atoms with Gasteiger partial charge in [-0.1, -0.05) is 54.1 Å². The number of anilines is 1. The topological polar surface area (TPSA) is 91.0 Å². The molecule has 5 rings (SSSR count). The van der Waals surface area contributed by atoms with Crippen LogP contribution in [-0.2, 0) is 33.9 Å². The van der Waals surface area contributed by atoms with Crippen molar-refractivity contribution in [3.63, 3.8) is 0 Å². The van der Waals surface area contributed by atoms with Crippen molar-refractivity contribution < 1.29 is 19.1 Å². The van der Waals surface area contributed by atoms with Gasteiger partial charge in [0.05, 0.1) is 12.1 Å². The van der Waals surface area contributed by atoms with Crippen LogP contribution in [0.25, 0.3) is 0 Å². The molecular weight excluding hydrogens is 540 g/mol. The van der Waals surface area contributed by atoms with Crippen molar-refractivity contribution in [2.45, 2.75) is 44.5 Å². The van der Waals surface area contributed by atoms with Gasteiger partial charge in [0.15, 0.2) is 0 Å². The van der Waals surface area contributed by atoms with Crippen LogP contribution < -0.4 is 15.5 Å². The number of nitrogens with one attached hydrogen (secondary N) is 2. The molecule has 214 valence electrons. The number of amides is 2. The van der Waals surface area contributed by atoms with E-state index in [-0.39, 0.29) is 31.0 Å². The lowest BCUT2D eigenvalue weighted by molar-refractivity contribution is -0.136. The number of ether oxygens (including phenoxy) is 1. The molecule has 1 aliphatic heterocycles. The van der Waals surface area contributed by atoms with Crippen LogP contribution in [0.1, 0.15) is 39.9 Å². The Morgan fingerprint density at radius 3 is 2.49 bits per heavy atom. The highest BCUT2D eigenvalue weighted by atomic mass is 35.5. The number of piperazine rings is 1. The highest BCUT2D eigenvalue weighted by molar-refractivity contribution is 6.31. The number of esters is 1. The lowest BCUT2D eigenvalue weighted by atomic mass is 10.1. The summed E-state index contributed by atoms with van der Waals surface area (Å²) in [4.78, 5) is 43.0. The number of hydrogen-bond donors (Lipinski definition) is 2. The average Bonchev–Trinajstić information content (AvgIpc) is 3.84. The van der Waals surface area contributed by atoms with E-state index in [9.17, 15) is 14.4 Å². The number of benzene rings is 3. The number of hydrogen-bond acceptors (Lipinski definition) is 6. The van der Waals surface area contributed by atoms with E-state index in [1.807, 2.05) is 42.3 Å². The SMILES string of the molecule is CNCCc1ccc(Cl)c(CN(C(=O)[C@H]2CNCC(=O)N2c2ccc(COC(=O)c3ccccc3)cc2)C2CC2)c1. The molecular formula is C32H35ClN4O4. The van der Waals surface area contributed by atoms with Crippen LogP contribution in [0, 0.1) is 0 Å². The first-order valence-electron chi connectivity index (χ1n) is 14.0. The second-order valence-corrected chi connectivity index (χ2v) is 10.9. The van der Waals surface area contributed by atoms with Crippen LogP contribution in [0.5, 0.6) is 0 Å². The summed E-state index contributed by atoms with van der Waals surface area (Å²) in [5, 5.41) is 6.91. The standard InChI is InChI=1S/C32H35ClN4O4/c1-34-16-15-22-9-14-28(33)25(17-22)20-36(26-12-13-26)31(39)29-18-35-19-30(38)37(29)27-10-7-23(8-11-27)21-41-32(40)24-5-3-2-4-6-24/h2-11,14,17,26,29,34-35H,12-13,15-16,18-21H2,1H3/t29-/m1/s1. The Kier molecular flexibility index (Phi) is 9.34. The van der Waals surface area contributed by atoms with Gasteiger partial charge in [-0.05, 0) is 79.9 Å². The van der Waals surface area contributed by atoms with Crippen LogP contribution >= 0.6 is 11.6 Å². The monoisotopic (exact) mass is 574 g/mol. The zero-order valence-corrected chi connectivity index (χ0v) is 23.9. The first kappa shape index (κ1) is 28.8. The molecule has 2 N–H and O–H groups in total. The second kappa shape index (κ2) is 13.3. The first-order valence-corrected chi connectivity index (χ1v) is 14.4. The van der Waals surface area contributed by atoms with Gasteiger partial charge in [-0.3, -0.25) is 14.5 Å². The van der Waals surface area contributed by atoms with E-state index in [1.165, 1.54) is 0 Å². The smallest absolute Gasteiger partial charge is 0.338 e. The zero-order valence-electron chi connectivity index (χ0n) is 23.1. The lowest BCUT2D eigenvalue weighted by Crippen LogP contribution is -2.61. The van der Waals surface area contributed by atoms with Gasteiger partial charge in [0.1, 0.15) is 12.6 Å². The van der Waals surface area contributed by atoms with Gasteiger partial charge >= 0.3 is 5.97 Å². The summed E-state index contributed by atoms with van der Waals surface area (Å²) in [6, 6.07) is 21.5. The van der Waals surface area contributed by atoms with Gasteiger partial charge < -0.3 is 20.3 Å². The van der Waals surface area contributed by atoms with Crippen molar-refractivity contribution in [1.29, 1.82) is 0 Å². The quantitative estimate of drug-likeness (QED) is 0.337. The largest absolute Gasteiger partial charge is 0.457 e. The third kappa shape index (κ3) is 7.14. The van der Waals surface area contributed by atoms with Gasteiger partial charge in [0.2, 0.25) is 11.8 Å². The number of carbonyl (C=O) groups excluding carboxylic acids is 3. The Morgan fingerprint density at radius 2 is 1.78 bits per heavy atom. The lowest BCUT2D eigenvalue weighted by Gasteiger charge is -2.38. The van der Waals surface area contributed by atoms with Crippen LogP contribution in [-0.4, -0.2) is 61.4 Å². The van der Waals surface area contributed by atoms with E-state index < -0.39 is 12.0 Å². The fourth-order valence-electron chi connectivity index (χ4n) is 5.07. The van der Waals surface area contributed by atoms with Crippen molar-refractivity contribution in [3.05, 3.63) is 100 Å². The summed E-state index contributed by atoms with van der Waals surface area (Å²) in [6.07, 6.45) is 2.74. The highest BCUT2D eigenvalue weighted by Gasteiger charge is 2.41. The molecule has 1 atom stereocenters. The van der Waals surface area contributed by atoms with Crippen LogP contribution in [0.15, 0.2) is 72.8 Å². The normalized spacial score (nSPS) is 16.9. The van der Waals surface area contributed by atoms with Crippen LogP contribution in [0.2, 0.25) is 5.02 Å². The van der Waals surface area contributed by atoms with Gasteiger partial charge in [-0.25, -0.2) is 4.79 Å². The summed E-state index contributed by atoms with van der Waals surface area (Å²) in [6.45, 7) is 1.88. The van der Waals surface area contributed by atoms with Gasteiger partial charge in [-0.15, -0.1) is 0 Å². The molecule has 2 amide bonds. The van der Waals surface area contributed by atoms with Crippen LogP contribution in [0.3, 0.4) is 0 Å². The van der Waals surface area contributed by atoms with E-state index in [0.717, 1.165) is 42.5 Å². The fraction of sp³-hybridized carbons (Fsp3) is 0.344. The van der Waals surface area contributed by atoms with E-state index >= 15 is 0 Å². The number of carbonyl (C=O) groups is 3. The molecule has 2 fully saturated rings. The molecule has 1 heterocycles. The predicted octanol–water partition coefficient (Wildman–Crippen LogP) is 3.95. The van der Waals surface area contributed by atoms with E-state index in [1.54, 1.807) is 41.3 Å². The Balaban J connectivity index is 1.30. The molecule has 2 aliphatic rings. The summed E-state index contributed by atoms with van der Waals surface area (Å²) in [7, 11) is 1.92. The molecule has 8 nitrogen and oxygen atoms in total. The minimum Gasteiger partial charge on any atom is -0.457 e. The highest BCUT2D eigenvalue weighted by Crippen LogP contribution is 2.32. The Bertz CT molecular complexity index is 1380. The zero-order chi connectivity index (χ0) is 28.8. The number of nitrogens with zero attached hydrogens (tertiary/aromatic N) is 2. The van der Waals surface area contributed by atoms with Crippen molar-refractivity contribution in [1.82, 2.24) is 15.5 Å². The van der Waals surface area contributed by atoms with Crippen molar-refractivity contribution >= 4 is 35.1 Å². The molecule has 3 aromatic carbocycles. The number of likely N-dealkylation sites (N-methyl/N-ethyl adjacent to an activating group) is 1. The summed E-state index contributed by atoms with van der Waals surface area (Å²) < 4.78 is 5.44. The Morgan fingerprint density at radius 1 is 1.05 bits per heavy atom. The molecule has 0 aromatic heterocycles. The van der Waals surface area contributed by atoms with E-state index in [0.29, 0.717) is 29.4 Å². The molecule has 0 unspecified atom stereocenters. The molecule has 3 aromatic rings. The van der Waals surface area contributed by atoms with E-state index in [4.69, 9.17) is 16.3 Å². The Labute approximate surface area is 245 Å². The van der Waals surface area contributed by atoms with Gasteiger partial charge in [0.25, 0.3) is 0 Å². The fourth-order valence-corrected chi connectivity index (χ4v) is 5.25. The van der Waals surface area contributed by atoms with Crippen molar-refractivity contribution in [2.24, 2.45) is 0 Å². The summed E-state index contributed by atoms with van der Waals surface area (Å²) in [5.74, 6) is -0.656. The average molecular weight is 575 g/mol. The molecule has 1 aliphatic carbocycles. The minimum absolute atomic E-state index is 0.0920. The van der Waals surface area contributed by atoms with E-state index in [2.05, 4.69) is 16.7 Å². The molecule has 0 radical (unpaired) electrons. The molecule has 41 heavy (non-hydrogen) atoms. The third-order valence-corrected chi connectivity index (χ3v) is 7.83.